The van der Waals surface area contributed by atoms with E-state index in [2.05, 4.69) is 9.97 Å². The number of hydrogen-bond acceptors (Lipinski definition) is 3. The van der Waals surface area contributed by atoms with Crippen LogP contribution in [0, 0.1) is 0 Å². The first kappa shape index (κ1) is 21.4. The summed E-state index contributed by atoms with van der Waals surface area (Å²) in [5.74, 6) is -3.08. The summed E-state index contributed by atoms with van der Waals surface area (Å²) in [5, 5.41) is -4.92. The molecule has 7 heteroatoms. The average Bonchev–Trinajstić information content (AvgIpc) is 1.32. The number of rotatable bonds is 7. The van der Waals surface area contributed by atoms with Crippen molar-refractivity contribution in [2.45, 2.75) is 0 Å². The lowest BCUT2D eigenvalue weighted by molar-refractivity contribution is 1.07. The minimum atomic E-state index is -5.63. The Morgan fingerprint density at radius 1 is 0.303 bits per heavy atom. The summed E-state index contributed by atoms with van der Waals surface area (Å²) in [6.45, 7) is 0. The maximum absolute atomic E-state index is 10.9. The normalized spacial score (nSPS) is 22.5. The number of para-hydroxylation sites is 6. The molecule has 5 heterocycles. The highest BCUT2D eigenvalue weighted by molar-refractivity contribution is 7.22. The van der Waals surface area contributed by atoms with Crippen LogP contribution in [0.15, 0.2) is 272 Å². The maximum Gasteiger partial charge on any atom is 0.184 e. The molecule has 5 nitrogen and oxygen atoms in total. The molecule has 0 N–H and O–H groups in total. The fourth-order valence-corrected chi connectivity index (χ4v) is 20.0. The maximum atomic E-state index is 10.9. The van der Waals surface area contributed by atoms with E-state index in [-0.39, 0.29) is 32.2 Å². The number of aromatic nitrogens is 5. The molecular weight excluding hydrogens is 955 g/mol. The van der Waals surface area contributed by atoms with Crippen LogP contribution in [0.2, 0.25) is 0 Å². The SMILES string of the molecule is [2H]c1cc2c(c([2H])c1[2H])c1c([2H])c([2H])c([2H])c3c1n2-c1c([2H])c([2H])c([2H])c([2H])c1[Si]3(c1ccccc1)c1c([2H])c([2H])c([2H])c(-c2nc(-c3c([2H])c([2H])c([2H])c([2H])c3[2H])nc(-c3c([2H])c([2H])c([2H])c([Si]4(c5ccccc5)c5c([2H])c([2H])c([2H])c([2H])c5-n5c6c([2H])c([2H])c([2H])c([2H])c6c6c([2H])c([2H])c([2H])c4c65)c3[2H])n2)c1[2H]. The summed E-state index contributed by atoms with van der Waals surface area (Å²) in [7, 11) is -11.2. The molecule has 0 radical (unpaired) electrons. The molecule has 3 aromatic heterocycles. The molecule has 14 aromatic rings. The van der Waals surface area contributed by atoms with E-state index in [9.17, 15) is 37.0 Å². The molecule has 2 aliphatic rings. The van der Waals surface area contributed by atoms with E-state index >= 15 is 0 Å². The Bertz CT molecular complexity index is 6700. The number of hydrogen-bond donors (Lipinski definition) is 0. The Labute approximate surface area is 489 Å². The minimum absolute atomic E-state index is 0.0373. The lowest BCUT2D eigenvalue weighted by atomic mass is 10.1. The van der Waals surface area contributed by atoms with Crippen molar-refractivity contribution in [1.29, 1.82) is 0 Å². The zero-order valence-corrected chi connectivity index (χ0v) is 40.6. The standard InChI is InChI=1S/C69H45N5Si2/c1-4-22-46(23-5-1)67-70-68(47-24-18-30-51(44-47)75(49-26-6-2-7-27-49)61-40-16-14-38-59(61)73-57-36-12-10-32-53(57)55-34-20-42-63(75)65(55)73)72-69(71-67)48-25-19-31-52(45-48)76(50-28-8-3-9-29-50)62-41-17-15-39-60(62)74-58-37-13-11-33-54(58)56-35-21-43-64(76)66(56)74/h1-45H/i1D,4D,5D,10D,11D,12D,13D,14D,15D,16D,17D,18D,19D,20D,21D,22D,23D,24D,25D,30D,31D,32D,33D,34D,35D,36D,38D,39D,40D,41D,42D,43D,44D,45D. The van der Waals surface area contributed by atoms with E-state index in [1.54, 1.807) is 0 Å². The molecule has 0 amide bonds. The van der Waals surface area contributed by atoms with Gasteiger partial charge in [0.25, 0.3) is 0 Å². The second-order valence-electron chi connectivity index (χ2n) is 17.6. The Morgan fingerprint density at radius 3 is 1.28 bits per heavy atom. The molecule has 2 aliphatic heterocycles. The van der Waals surface area contributed by atoms with Gasteiger partial charge in [0.05, 0.1) is 68.7 Å². The van der Waals surface area contributed by atoms with Crippen molar-refractivity contribution in [2.75, 3.05) is 0 Å². The first-order chi connectivity index (χ1) is 51.8. The van der Waals surface area contributed by atoms with Gasteiger partial charge in [-0.3, -0.25) is 0 Å². The molecule has 11 aromatic carbocycles. The fraction of sp³-hybridized carbons (Fsp3) is 0. The molecule has 16 rings (SSSR count). The van der Waals surface area contributed by atoms with Crippen LogP contribution in [0.4, 0.5) is 0 Å². The quantitative estimate of drug-likeness (QED) is 0.150. The van der Waals surface area contributed by atoms with Gasteiger partial charge >= 0.3 is 0 Å². The Balaban J connectivity index is 1.11. The van der Waals surface area contributed by atoms with Crippen molar-refractivity contribution in [2.24, 2.45) is 0 Å². The van der Waals surface area contributed by atoms with Crippen LogP contribution in [-0.2, 0) is 0 Å². The molecule has 76 heavy (non-hydrogen) atoms. The van der Waals surface area contributed by atoms with Gasteiger partial charge in [-0.15, -0.1) is 0 Å². The van der Waals surface area contributed by atoms with Crippen LogP contribution < -0.4 is 41.5 Å². The van der Waals surface area contributed by atoms with E-state index in [1.165, 1.54) is 65.2 Å². The minimum Gasteiger partial charge on any atom is -0.309 e. The highest BCUT2D eigenvalue weighted by atomic mass is 28.3. The lowest BCUT2D eigenvalue weighted by Gasteiger charge is -2.40. The zero-order valence-electron chi connectivity index (χ0n) is 72.6. The summed E-state index contributed by atoms with van der Waals surface area (Å²) in [5.41, 5.74) is -5.23. The molecule has 0 fully saturated rings. The van der Waals surface area contributed by atoms with Crippen molar-refractivity contribution in [3.63, 3.8) is 0 Å². The van der Waals surface area contributed by atoms with E-state index < -0.39 is 320 Å². The molecule has 0 bridgehead atoms. The molecule has 2 atom stereocenters. The smallest absolute Gasteiger partial charge is 0.184 e. The number of benzene rings is 11. The third-order valence-corrected chi connectivity index (χ3v) is 22.8. The summed E-state index contributed by atoms with van der Waals surface area (Å²) in [6.07, 6.45) is 0. The Morgan fingerprint density at radius 2 is 0.711 bits per heavy atom. The van der Waals surface area contributed by atoms with Crippen LogP contribution in [0.5, 0.6) is 0 Å². The van der Waals surface area contributed by atoms with Gasteiger partial charge in [-0.05, 0) is 65.7 Å². The topological polar surface area (TPSA) is 48.5 Å². The van der Waals surface area contributed by atoms with E-state index in [4.69, 9.17) is 14.6 Å². The molecular formula is C69H45N5Si2. The Kier molecular flexibility index (Phi) is 4.63. The first-order valence-corrected chi connectivity index (χ1v) is 27.3. The fourth-order valence-electron chi connectivity index (χ4n) is 11.0. The van der Waals surface area contributed by atoms with Gasteiger partial charge in [0.1, 0.15) is 0 Å². The second kappa shape index (κ2) is 16.5. The summed E-state index contributed by atoms with van der Waals surface area (Å²) in [6, 6.07) is -15.5. The molecule has 2 unspecified atom stereocenters. The van der Waals surface area contributed by atoms with Crippen LogP contribution >= 0.6 is 0 Å². The first-order valence-electron chi connectivity index (χ1n) is 40.3. The lowest BCUT2D eigenvalue weighted by Crippen LogP contribution is -2.76. The zero-order chi connectivity index (χ0) is 79.5. The number of nitrogens with zero attached hydrogens (tertiary/aromatic N) is 5. The van der Waals surface area contributed by atoms with Crippen molar-refractivity contribution in [3.8, 4) is 45.5 Å². The van der Waals surface area contributed by atoms with Crippen molar-refractivity contribution < 1.29 is 46.6 Å². The van der Waals surface area contributed by atoms with Gasteiger partial charge in [0.15, 0.2) is 33.6 Å². The molecule has 0 saturated carbocycles. The predicted molar refractivity (Wildman–Crippen MR) is 319 cm³/mol. The predicted octanol–water partition coefficient (Wildman–Crippen LogP) is 10.4. The van der Waals surface area contributed by atoms with Gasteiger partial charge in [-0.1, -0.05) is 248 Å². The second-order valence-corrected chi connectivity index (χ2v) is 24.8. The summed E-state index contributed by atoms with van der Waals surface area (Å²) in [4.78, 5) is 14.0. The average molecular weight is 1030 g/mol. The van der Waals surface area contributed by atoms with Gasteiger partial charge < -0.3 is 9.13 Å². The van der Waals surface area contributed by atoms with E-state index in [1.807, 2.05) is 0 Å². The van der Waals surface area contributed by atoms with Crippen LogP contribution in [0.25, 0.3) is 89.2 Å². The highest BCUT2D eigenvalue weighted by Gasteiger charge is 2.49. The van der Waals surface area contributed by atoms with Crippen LogP contribution in [0.3, 0.4) is 0 Å². The van der Waals surface area contributed by atoms with Gasteiger partial charge in [-0.25, -0.2) is 15.0 Å². The van der Waals surface area contributed by atoms with E-state index in [0.29, 0.717) is 0 Å². The van der Waals surface area contributed by atoms with Gasteiger partial charge in [0, 0.05) is 49.6 Å². The van der Waals surface area contributed by atoms with Crippen molar-refractivity contribution in [1.82, 2.24) is 24.1 Å². The van der Waals surface area contributed by atoms with Crippen molar-refractivity contribution >= 4 is 101 Å². The molecule has 0 saturated heterocycles. The van der Waals surface area contributed by atoms with Crippen LogP contribution in [0.1, 0.15) is 46.6 Å². The summed E-state index contributed by atoms with van der Waals surface area (Å²) >= 11 is 0. The van der Waals surface area contributed by atoms with E-state index in [0.717, 1.165) is 10.6 Å². The van der Waals surface area contributed by atoms with Gasteiger partial charge in [0.2, 0.25) is 0 Å². The van der Waals surface area contributed by atoms with Crippen molar-refractivity contribution in [3.05, 3.63) is 272 Å². The van der Waals surface area contributed by atoms with Crippen LogP contribution in [-0.4, -0.2) is 40.2 Å². The van der Waals surface area contributed by atoms with Gasteiger partial charge in [-0.2, -0.15) is 0 Å². The highest BCUT2D eigenvalue weighted by Crippen LogP contribution is 2.38. The Hall–Kier alpha value is -9.54. The third-order valence-electron chi connectivity index (χ3n) is 14.0. The third kappa shape index (κ3) is 5.86. The summed E-state index contributed by atoms with van der Waals surface area (Å²) < 4.78 is 329. The largest absolute Gasteiger partial charge is 0.309 e. The monoisotopic (exact) mass is 1030 g/mol. The molecule has 0 aliphatic carbocycles. The number of fused-ring (bicyclic) bond motifs is 10. The molecule has 0 spiro atoms. The molecule has 354 valence electrons.